The molecule has 0 unspecified atom stereocenters. The average molecular weight is 404 g/mol. The van der Waals surface area contributed by atoms with Gasteiger partial charge in [0.25, 0.3) is 5.69 Å². The molecule has 0 atom stereocenters. The Labute approximate surface area is 170 Å². The maximum absolute atomic E-state index is 12.2. The molecule has 0 spiro atoms. The molecule has 4 aromatic rings. The van der Waals surface area contributed by atoms with Gasteiger partial charge in [0.05, 0.1) is 22.6 Å². The summed E-state index contributed by atoms with van der Waals surface area (Å²) in [6.07, 6.45) is 1.74. The van der Waals surface area contributed by atoms with Crippen molar-refractivity contribution < 1.29 is 9.72 Å². The zero-order chi connectivity index (χ0) is 20.2. The highest BCUT2D eigenvalue weighted by Crippen LogP contribution is 2.29. The third-order valence-corrected chi connectivity index (χ3v) is 5.23. The number of benzene rings is 3. The lowest BCUT2D eigenvalue weighted by Gasteiger charge is -2.05. The van der Waals surface area contributed by atoms with Gasteiger partial charge in [0.1, 0.15) is 5.69 Å². The molecule has 0 aliphatic carbocycles. The van der Waals surface area contributed by atoms with Gasteiger partial charge in [-0.15, -0.1) is 0 Å². The summed E-state index contributed by atoms with van der Waals surface area (Å²) in [4.78, 5) is 30.3. The number of imidazole rings is 1. The van der Waals surface area contributed by atoms with Crippen LogP contribution in [-0.2, 0) is 4.79 Å². The summed E-state index contributed by atoms with van der Waals surface area (Å²) in [6, 6.07) is 20.2. The van der Waals surface area contributed by atoms with Crippen molar-refractivity contribution in [2.24, 2.45) is 0 Å². The van der Waals surface area contributed by atoms with Crippen LogP contribution in [0.15, 0.2) is 78.1 Å². The van der Waals surface area contributed by atoms with Crippen LogP contribution in [0, 0.1) is 10.1 Å². The third kappa shape index (κ3) is 4.12. The van der Waals surface area contributed by atoms with E-state index >= 15 is 0 Å². The first-order valence-corrected chi connectivity index (χ1v) is 9.79. The first-order chi connectivity index (χ1) is 14.1. The topological polar surface area (TPSA) is 101 Å². The Morgan fingerprint density at radius 1 is 1.07 bits per heavy atom. The molecule has 0 aliphatic heterocycles. The number of fused-ring (bicyclic) bond motifs is 1. The van der Waals surface area contributed by atoms with Crippen molar-refractivity contribution in [3.63, 3.8) is 0 Å². The van der Waals surface area contributed by atoms with Gasteiger partial charge >= 0.3 is 0 Å². The molecule has 8 heteroatoms. The lowest BCUT2D eigenvalue weighted by atomic mass is 10.0. The zero-order valence-electron chi connectivity index (χ0n) is 15.2. The van der Waals surface area contributed by atoms with Gasteiger partial charge in [0.2, 0.25) is 5.91 Å². The number of carbonyl (C=O) groups excluding carboxylic acids is 1. The minimum absolute atomic E-state index is 0.0779. The molecule has 1 aromatic heterocycles. The standard InChI is InChI=1S/C21H16N4O3S/c26-20(23-17-10-3-4-11-19(17)25(27)28)13-29-21-22-12-18(24-21)16-9-5-7-14-6-1-2-8-15(14)16/h1-12H,13H2,(H,22,24)(H,23,26). The SMILES string of the molecule is O=C(CSc1ncc(-c2cccc3ccccc23)[nH]1)Nc1ccccc1[N+](=O)[O-]. The number of anilines is 1. The number of hydrogen-bond donors (Lipinski definition) is 2. The minimum Gasteiger partial charge on any atom is -0.333 e. The Hall–Kier alpha value is -3.65. The van der Waals surface area contributed by atoms with Crippen LogP contribution in [0.5, 0.6) is 0 Å². The first kappa shape index (κ1) is 18.7. The molecule has 0 aliphatic rings. The van der Waals surface area contributed by atoms with Crippen molar-refractivity contribution in [1.29, 1.82) is 0 Å². The second-order valence-electron chi connectivity index (χ2n) is 6.24. The van der Waals surface area contributed by atoms with E-state index in [1.807, 2.05) is 24.3 Å². The Morgan fingerprint density at radius 3 is 2.69 bits per heavy atom. The van der Waals surface area contributed by atoms with Crippen molar-refractivity contribution >= 4 is 39.8 Å². The smallest absolute Gasteiger partial charge is 0.292 e. The molecular formula is C21H16N4O3S. The predicted octanol–water partition coefficient (Wildman–Crippen LogP) is 4.87. The van der Waals surface area contributed by atoms with E-state index in [0.29, 0.717) is 5.16 Å². The van der Waals surface area contributed by atoms with Gasteiger partial charge in [-0.3, -0.25) is 14.9 Å². The quantitative estimate of drug-likeness (QED) is 0.271. The Balaban J connectivity index is 1.45. The maximum atomic E-state index is 12.2. The molecule has 0 radical (unpaired) electrons. The average Bonchev–Trinajstić information content (AvgIpc) is 3.21. The van der Waals surface area contributed by atoms with Crippen LogP contribution < -0.4 is 5.32 Å². The van der Waals surface area contributed by atoms with Crippen LogP contribution in [0.1, 0.15) is 0 Å². The summed E-state index contributed by atoms with van der Waals surface area (Å²) in [5.74, 6) is -0.262. The molecule has 0 saturated heterocycles. The molecule has 0 saturated carbocycles. The van der Waals surface area contributed by atoms with Gasteiger partial charge < -0.3 is 10.3 Å². The summed E-state index contributed by atoms with van der Waals surface area (Å²) >= 11 is 1.23. The van der Waals surface area contributed by atoms with Crippen LogP contribution in [0.3, 0.4) is 0 Å². The molecule has 0 bridgehead atoms. The fraction of sp³-hybridized carbons (Fsp3) is 0.0476. The highest BCUT2D eigenvalue weighted by atomic mass is 32.2. The summed E-state index contributed by atoms with van der Waals surface area (Å²) < 4.78 is 0. The number of hydrogen-bond acceptors (Lipinski definition) is 5. The highest BCUT2D eigenvalue weighted by molar-refractivity contribution is 7.99. The number of aromatic amines is 1. The normalized spacial score (nSPS) is 10.8. The number of aromatic nitrogens is 2. The Morgan fingerprint density at radius 2 is 1.83 bits per heavy atom. The van der Waals surface area contributed by atoms with Gasteiger partial charge in [-0.2, -0.15) is 0 Å². The monoisotopic (exact) mass is 404 g/mol. The number of H-pyrrole nitrogens is 1. The zero-order valence-corrected chi connectivity index (χ0v) is 16.0. The van der Waals surface area contributed by atoms with Crippen molar-refractivity contribution in [2.75, 3.05) is 11.1 Å². The number of rotatable bonds is 6. The van der Waals surface area contributed by atoms with Gasteiger partial charge in [-0.05, 0) is 16.8 Å². The minimum atomic E-state index is -0.522. The number of nitro benzene ring substituents is 1. The van der Waals surface area contributed by atoms with E-state index in [-0.39, 0.29) is 23.0 Å². The van der Waals surface area contributed by atoms with E-state index in [9.17, 15) is 14.9 Å². The number of nitrogens with zero attached hydrogens (tertiary/aromatic N) is 2. The molecule has 2 N–H and O–H groups in total. The second kappa shape index (κ2) is 8.15. The summed E-state index contributed by atoms with van der Waals surface area (Å²) in [6.45, 7) is 0. The number of para-hydroxylation sites is 2. The van der Waals surface area contributed by atoms with Crippen LogP contribution in [-0.4, -0.2) is 26.6 Å². The largest absolute Gasteiger partial charge is 0.333 e. The molecule has 29 heavy (non-hydrogen) atoms. The van der Waals surface area contributed by atoms with Crippen LogP contribution in [0.4, 0.5) is 11.4 Å². The molecule has 0 fully saturated rings. The van der Waals surface area contributed by atoms with Gasteiger partial charge in [0.15, 0.2) is 5.16 Å². The number of amides is 1. The lowest BCUT2D eigenvalue weighted by molar-refractivity contribution is -0.383. The fourth-order valence-electron chi connectivity index (χ4n) is 3.03. The van der Waals surface area contributed by atoms with Crippen molar-refractivity contribution in [2.45, 2.75) is 5.16 Å². The highest BCUT2D eigenvalue weighted by Gasteiger charge is 2.15. The molecule has 1 amide bonds. The molecule has 3 aromatic carbocycles. The van der Waals surface area contributed by atoms with E-state index in [2.05, 4.69) is 33.5 Å². The maximum Gasteiger partial charge on any atom is 0.292 e. The van der Waals surface area contributed by atoms with Crippen molar-refractivity contribution in [3.05, 3.63) is 83.0 Å². The van der Waals surface area contributed by atoms with E-state index in [4.69, 9.17) is 0 Å². The van der Waals surface area contributed by atoms with Crippen LogP contribution >= 0.6 is 11.8 Å². The van der Waals surface area contributed by atoms with Crippen molar-refractivity contribution in [1.82, 2.24) is 9.97 Å². The number of carbonyl (C=O) groups is 1. The second-order valence-corrected chi connectivity index (χ2v) is 7.20. The third-order valence-electron chi connectivity index (χ3n) is 4.35. The van der Waals surface area contributed by atoms with Crippen LogP contribution in [0.25, 0.3) is 22.0 Å². The number of nitro groups is 1. The Kier molecular flexibility index (Phi) is 5.26. The van der Waals surface area contributed by atoms with E-state index in [0.717, 1.165) is 22.0 Å². The van der Waals surface area contributed by atoms with Crippen LogP contribution in [0.2, 0.25) is 0 Å². The fourth-order valence-corrected chi connectivity index (χ4v) is 3.68. The molecule has 144 valence electrons. The van der Waals surface area contributed by atoms with Crippen molar-refractivity contribution in [3.8, 4) is 11.3 Å². The van der Waals surface area contributed by atoms with Gasteiger partial charge in [-0.1, -0.05) is 66.4 Å². The lowest BCUT2D eigenvalue weighted by Crippen LogP contribution is -2.15. The van der Waals surface area contributed by atoms with Gasteiger partial charge in [-0.25, -0.2) is 4.98 Å². The van der Waals surface area contributed by atoms with Gasteiger partial charge in [0, 0.05) is 11.6 Å². The van der Waals surface area contributed by atoms with E-state index in [1.54, 1.807) is 18.3 Å². The molecule has 7 nitrogen and oxygen atoms in total. The predicted molar refractivity (Wildman–Crippen MR) is 114 cm³/mol. The number of thioether (sulfide) groups is 1. The summed E-state index contributed by atoms with van der Waals surface area (Å²) in [7, 11) is 0. The first-order valence-electron chi connectivity index (χ1n) is 8.81. The molecular weight excluding hydrogens is 388 g/mol. The Bertz CT molecular complexity index is 1200. The van der Waals surface area contributed by atoms with E-state index < -0.39 is 4.92 Å². The van der Waals surface area contributed by atoms with E-state index in [1.165, 1.54) is 23.9 Å². The summed E-state index contributed by atoms with van der Waals surface area (Å²) in [5, 5.41) is 16.5. The summed E-state index contributed by atoms with van der Waals surface area (Å²) in [5.41, 5.74) is 1.94. The molecule has 4 rings (SSSR count). The number of nitrogens with one attached hydrogen (secondary N) is 2. The molecule has 1 heterocycles.